The number of methoxy groups -OCH3 is 1. The Labute approximate surface area is 175 Å². The molecular weight excluding hydrogens is 386 g/mol. The number of ether oxygens (including phenoxy) is 1. The maximum absolute atomic E-state index is 12.6. The molecule has 1 heterocycles. The normalized spacial score (nSPS) is 11.3. The number of aryl methyl sites for hydroxylation is 2. The number of benzene rings is 2. The molecule has 3 rings (SSSR count). The summed E-state index contributed by atoms with van der Waals surface area (Å²) in [5.74, 6) is -0.887. The summed E-state index contributed by atoms with van der Waals surface area (Å²) in [7, 11) is 1.29. The van der Waals surface area contributed by atoms with Crippen LogP contribution in [0, 0.1) is 13.8 Å². The summed E-state index contributed by atoms with van der Waals surface area (Å²) in [6.45, 7) is 4.07. The third-order valence-corrected chi connectivity index (χ3v) is 5.53. The van der Waals surface area contributed by atoms with Gasteiger partial charge in [0.1, 0.15) is 0 Å². The van der Waals surface area contributed by atoms with E-state index in [9.17, 15) is 9.59 Å². The smallest absolute Gasteiger partial charge is 0.333 e. The van der Waals surface area contributed by atoms with E-state index in [1.807, 2.05) is 38.1 Å². The second-order valence-electron chi connectivity index (χ2n) is 6.28. The van der Waals surface area contributed by atoms with Crippen LogP contribution in [0.3, 0.4) is 0 Å². The van der Waals surface area contributed by atoms with Crippen molar-refractivity contribution in [1.29, 1.82) is 0 Å². The molecule has 1 aromatic heterocycles. The first-order valence-electron chi connectivity index (χ1n) is 8.77. The Kier molecular flexibility index (Phi) is 7.67. The van der Waals surface area contributed by atoms with Crippen molar-refractivity contribution in [3.05, 3.63) is 83.1 Å². The molecule has 0 aliphatic rings. The number of amides is 1. The van der Waals surface area contributed by atoms with Gasteiger partial charge in [0, 0.05) is 4.90 Å². The van der Waals surface area contributed by atoms with E-state index in [1.165, 1.54) is 18.9 Å². The van der Waals surface area contributed by atoms with Crippen LogP contribution in [0.25, 0.3) is 0 Å². The zero-order chi connectivity index (χ0) is 20.1. The highest BCUT2D eigenvalue weighted by Gasteiger charge is 2.25. The molecule has 1 amide bonds. The second kappa shape index (κ2) is 9.98. The monoisotopic (exact) mass is 411 g/mol. The first kappa shape index (κ1) is 22.3. The van der Waals surface area contributed by atoms with Gasteiger partial charge in [-0.1, -0.05) is 67.7 Å². The second-order valence-corrected chi connectivity index (χ2v) is 7.30. The molecule has 0 saturated heterocycles. The van der Waals surface area contributed by atoms with Gasteiger partial charge in [0.05, 0.1) is 7.11 Å². The van der Waals surface area contributed by atoms with E-state index in [2.05, 4.69) is 5.32 Å². The van der Waals surface area contributed by atoms with Gasteiger partial charge in [0.25, 0.3) is 5.91 Å². The molecular formula is C23H25NO4S. The van der Waals surface area contributed by atoms with Crippen LogP contribution in [0.15, 0.2) is 75.1 Å². The summed E-state index contributed by atoms with van der Waals surface area (Å²) in [5, 5.41) is 3.29. The Hall–Kier alpha value is -2.99. The lowest BCUT2D eigenvalue weighted by Crippen LogP contribution is -2.34. The average molecular weight is 412 g/mol. The molecule has 0 radical (unpaired) electrons. The molecule has 0 spiro atoms. The molecule has 0 aliphatic heterocycles. The minimum atomic E-state index is -0.904. The van der Waals surface area contributed by atoms with Crippen LogP contribution in [0.5, 0.6) is 0 Å². The molecule has 5 nitrogen and oxygen atoms in total. The topological polar surface area (TPSA) is 68.5 Å². The standard InChI is InChI=1S/C22H21NO4S.CH4/c1-14-8-7-9-15(2)20(14)28-18-13-12-17(27-18)21(24)23-19(22(25)26-3)16-10-5-4-6-11-16;/h4-13,19H,1-3H3,(H,23,24);1H4/t19-;/m0./s1. The summed E-state index contributed by atoms with van der Waals surface area (Å²) in [5.41, 5.74) is 2.92. The van der Waals surface area contributed by atoms with Crippen LogP contribution in [0.4, 0.5) is 0 Å². The summed E-state index contributed by atoms with van der Waals surface area (Å²) in [6.07, 6.45) is 0. The minimum absolute atomic E-state index is 0. The van der Waals surface area contributed by atoms with Gasteiger partial charge in [0.2, 0.25) is 0 Å². The van der Waals surface area contributed by atoms with Gasteiger partial charge in [-0.2, -0.15) is 0 Å². The fraction of sp³-hybridized carbons (Fsp3) is 0.217. The highest BCUT2D eigenvalue weighted by atomic mass is 32.2. The minimum Gasteiger partial charge on any atom is -0.467 e. The van der Waals surface area contributed by atoms with Crippen LogP contribution in [-0.4, -0.2) is 19.0 Å². The number of hydrogen-bond donors (Lipinski definition) is 1. The first-order valence-corrected chi connectivity index (χ1v) is 9.59. The van der Waals surface area contributed by atoms with E-state index in [0.717, 1.165) is 16.0 Å². The molecule has 0 fully saturated rings. The van der Waals surface area contributed by atoms with Crippen molar-refractivity contribution in [1.82, 2.24) is 5.32 Å². The maximum Gasteiger partial charge on any atom is 0.333 e. The molecule has 0 saturated carbocycles. The van der Waals surface area contributed by atoms with Crippen molar-refractivity contribution in [2.24, 2.45) is 0 Å². The van der Waals surface area contributed by atoms with Crippen LogP contribution < -0.4 is 5.32 Å². The van der Waals surface area contributed by atoms with Crippen molar-refractivity contribution >= 4 is 23.6 Å². The fourth-order valence-corrected chi connectivity index (χ4v) is 3.73. The highest BCUT2D eigenvalue weighted by Crippen LogP contribution is 2.34. The third-order valence-electron chi connectivity index (χ3n) is 4.26. The van der Waals surface area contributed by atoms with Crippen molar-refractivity contribution in [2.45, 2.75) is 37.3 Å². The largest absolute Gasteiger partial charge is 0.467 e. The Morgan fingerprint density at radius 3 is 2.24 bits per heavy atom. The Morgan fingerprint density at radius 1 is 0.966 bits per heavy atom. The molecule has 3 aromatic rings. The van der Waals surface area contributed by atoms with Crippen molar-refractivity contribution < 1.29 is 18.7 Å². The number of carbonyl (C=O) groups is 2. The Morgan fingerprint density at radius 2 is 1.62 bits per heavy atom. The molecule has 0 bridgehead atoms. The number of rotatable bonds is 6. The number of carbonyl (C=O) groups excluding carboxylic acids is 2. The predicted octanol–water partition coefficient (Wildman–Crippen LogP) is 5.33. The fourth-order valence-electron chi connectivity index (χ4n) is 2.80. The Bertz CT molecular complexity index is 961. The van der Waals surface area contributed by atoms with Crippen LogP contribution >= 0.6 is 11.8 Å². The summed E-state index contributed by atoms with van der Waals surface area (Å²) < 4.78 is 10.5. The van der Waals surface area contributed by atoms with E-state index in [4.69, 9.17) is 9.15 Å². The van der Waals surface area contributed by atoms with Gasteiger partial charge in [-0.25, -0.2) is 4.79 Å². The number of furan rings is 1. The lowest BCUT2D eigenvalue weighted by Gasteiger charge is -2.16. The number of hydrogen-bond acceptors (Lipinski definition) is 5. The van der Waals surface area contributed by atoms with E-state index in [-0.39, 0.29) is 13.2 Å². The lowest BCUT2D eigenvalue weighted by molar-refractivity contribution is -0.143. The number of esters is 1. The van der Waals surface area contributed by atoms with Crippen LogP contribution in [-0.2, 0) is 9.53 Å². The van der Waals surface area contributed by atoms with Gasteiger partial charge in [0.15, 0.2) is 16.9 Å². The predicted molar refractivity (Wildman–Crippen MR) is 114 cm³/mol. The van der Waals surface area contributed by atoms with Crippen molar-refractivity contribution in [3.63, 3.8) is 0 Å². The summed E-state index contributed by atoms with van der Waals surface area (Å²) >= 11 is 1.47. The Balaban J connectivity index is 0.00000300. The van der Waals surface area contributed by atoms with Crippen molar-refractivity contribution in [2.75, 3.05) is 7.11 Å². The van der Waals surface area contributed by atoms with E-state index in [0.29, 0.717) is 10.7 Å². The quantitative estimate of drug-likeness (QED) is 0.556. The molecule has 0 aliphatic carbocycles. The van der Waals surface area contributed by atoms with E-state index in [1.54, 1.807) is 36.4 Å². The van der Waals surface area contributed by atoms with E-state index >= 15 is 0 Å². The van der Waals surface area contributed by atoms with Crippen LogP contribution in [0.2, 0.25) is 0 Å². The molecule has 6 heteroatoms. The molecule has 29 heavy (non-hydrogen) atoms. The van der Waals surface area contributed by atoms with E-state index < -0.39 is 17.9 Å². The summed E-state index contributed by atoms with van der Waals surface area (Å²) in [6, 6.07) is 17.5. The van der Waals surface area contributed by atoms with Gasteiger partial charge in [-0.05, 0) is 42.7 Å². The number of nitrogens with one attached hydrogen (secondary N) is 1. The van der Waals surface area contributed by atoms with Gasteiger partial charge < -0.3 is 14.5 Å². The maximum atomic E-state index is 12.6. The highest BCUT2D eigenvalue weighted by molar-refractivity contribution is 7.99. The first-order chi connectivity index (χ1) is 13.5. The van der Waals surface area contributed by atoms with Crippen molar-refractivity contribution in [3.8, 4) is 0 Å². The molecule has 1 N–H and O–H groups in total. The van der Waals surface area contributed by atoms with Crippen LogP contribution in [0.1, 0.15) is 40.7 Å². The zero-order valence-electron chi connectivity index (χ0n) is 15.9. The lowest BCUT2D eigenvalue weighted by atomic mass is 10.1. The van der Waals surface area contributed by atoms with Gasteiger partial charge in [-0.15, -0.1) is 0 Å². The molecule has 2 aromatic carbocycles. The summed E-state index contributed by atoms with van der Waals surface area (Å²) in [4.78, 5) is 25.9. The molecule has 152 valence electrons. The van der Waals surface area contributed by atoms with Gasteiger partial charge >= 0.3 is 5.97 Å². The third kappa shape index (κ3) is 5.29. The zero-order valence-corrected chi connectivity index (χ0v) is 16.7. The molecule has 0 unspecified atom stereocenters. The molecule has 1 atom stereocenters. The average Bonchev–Trinajstić information content (AvgIpc) is 3.18. The van der Waals surface area contributed by atoms with Gasteiger partial charge in [-0.3, -0.25) is 4.79 Å². The SMILES string of the molecule is C.COC(=O)[C@@H](NC(=O)c1ccc(Sc2c(C)cccc2C)o1)c1ccccc1.